The van der Waals surface area contributed by atoms with E-state index in [1.807, 2.05) is 18.2 Å². The van der Waals surface area contributed by atoms with Gasteiger partial charge in [0.1, 0.15) is 0 Å². The molecule has 0 aliphatic rings. The van der Waals surface area contributed by atoms with E-state index in [4.69, 9.17) is 0 Å². The predicted molar refractivity (Wildman–Crippen MR) is 59.8 cm³/mol. The molecule has 0 atom stereocenters. The van der Waals surface area contributed by atoms with Crippen LogP contribution in [0.3, 0.4) is 0 Å². The molecule has 1 heterocycles. The number of rotatable bonds is 2. The van der Waals surface area contributed by atoms with Crippen molar-refractivity contribution in [3.63, 3.8) is 0 Å². The first-order chi connectivity index (χ1) is 6.90. The van der Waals surface area contributed by atoms with E-state index in [2.05, 4.69) is 35.8 Å². The summed E-state index contributed by atoms with van der Waals surface area (Å²) >= 11 is 0. The molecule has 0 unspecified atom stereocenters. The second-order valence-corrected chi connectivity index (χ2v) is 3.06. The third-order valence-electron chi connectivity index (χ3n) is 2.16. The monoisotopic (exact) mass is 181 g/mol. The van der Waals surface area contributed by atoms with Crippen LogP contribution in [0.2, 0.25) is 0 Å². The van der Waals surface area contributed by atoms with Crippen molar-refractivity contribution in [2.45, 2.75) is 0 Å². The van der Waals surface area contributed by atoms with Gasteiger partial charge in [-0.3, -0.25) is 4.98 Å². The molecule has 14 heavy (non-hydrogen) atoms. The first kappa shape index (κ1) is 8.70. The van der Waals surface area contributed by atoms with Crippen LogP contribution in [-0.2, 0) is 0 Å². The van der Waals surface area contributed by atoms with Crippen LogP contribution >= 0.6 is 0 Å². The predicted octanol–water partition coefficient (Wildman–Crippen LogP) is 3.39. The Morgan fingerprint density at radius 2 is 1.43 bits per heavy atom. The lowest BCUT2D eigenvalue weighted by atomic mass is 10.1. The Morgan fingerprint density at radius 1 is 0.857 bits per heavy atom. The lowest BCUT2D eigenvalue weighted by molar-refractivity contribution is 1.33. The Hall–Kier alpha value is -1.89. The smallest absolute Gasteiger partial charge is 0.0273 e. The highest BCUT2D eigenvalue weighted by Gasteiger charge is 1.94. The van der Waals surface area contributed by atoms with Crippen LogP contribution in [0.5, 0.6) is 0 Å². The average Bonchev–Trinajstić information content (AvgIpc) is 2.30. The van der Waals surface area contributed by atoms with Crippen molar-refractivity contribution >= 4 is 6.08 Å². The molecule has 0 fully saturated rings. The van der Waals surface area contributed by atoms with E-state index in [0.717, 1.165) is 5.56 Å². The van der Waals surface area contributed by atoms with E-state index in [9.17, 15) is 0 Å². The van der Waals surface area contributed by atoms with Crippen LogP contribution < -0.4 is 0 Å². The Morgan fingerprint density at radius 3 is 2.00 bits per heavy atom. The van der Waals surface area contributed by atoms with Gasteiger partial charge in [-0.15, -0.1) is 0 Å². The Balaban J connectivity index is 2.39. The first-order valence-corrected chi connectivity index (χ1v) is 4.53. The zero-order chi connectivity index (χ0) is 9.80. The fourth-order valence-corrected chi connectivity index (χ4v) is 1.36. The summed E-state index contributed by atoms with van der Waals surface area (Å²) in [5.74, 6) is 0. The van der Waals surface area contributed by atoms with E-state index in [1.54, 1.807) is 12.4 Å². The molecule has 1 aromatic carbocycles. The van der Waals surface area contributed by atoms with Gasteiger partial charge in [0.15, 0.2) is 0 Å². The van der Waals surface area contributed by atoms with Crippen molar-refractivity contribution in [3.05, 3.63) is 60.9 Å². The molecule has 0 saturated carbocycles. The molecule has 0 saturated heterocycles. The molecule has 0 N–H and O–H groups in total. The van der Waals surface area contributed by atoms with Gasteiger partial charge in [-0.25, -0.2) is 0 Å². The molecule has 68 valence electrons. The van der Waals surface area contributed by atoms with Gasteiger partial charge >= 0.3 is 0 Å². The molecular weight excluding hydrogens is 170 g/mol. The molecule has 0 aliphatic heterocycles. The molecule has 1 aromatic heterocycles. The van der Waals surface area contributed by atoms with Gasteiger partial charge in [0, 0.05) is 12.4 Å². The molecule has 1 heteroatoms. The Kier molecular flexibility index (Phi) is 2.41. The maximum Gasteiger partial charge on any atom is 0.0273 e. The van der Waals surface area contributed by atoms with Crippen molar-refractivity contribution in [1.29, 1.82) is 0 Å². The van der Waals surface area contributed by atoms with Crippen molar-refractivity contribution in [3.8, 4) is 11.1 Å². The first-order valence-electron chi connectivity index (χ1n) is 4.53. The van der Waals surface area contributed by atoms with E-state index in [1.165, 1.54) is 11.1 Å². The summed E-state index contributed by atoms with van der Waals surface area (Å²) in [7, 11) is 0. The summed E-state index contributed by atoms with van der Waals surface area (Å²) in [4.78, 5) is 3.99. The minimum absolute atomic E-state index is 1.14. The lowest BCUT2D eigenvalue weighted by Crippen LogP contribution is -1.78. The Labute approximate surface area is 83.7 Å². The SMILES string of the molecule is C=Cc1ccc(-c2ccncc2)cc1. The highest BCUT2D eigenvalue weighted by Crippen LogP contribution is 2.18. The minimum atomic E-state index is 1.14. The zero-order valence-electron chi connectivity index (χ0n) is 7.85. The van der Waals surface area contributed by atoms with Crippen LogP contribution in [0, 0.1) is 0 Å². The van der Waals surface area contributed by atoms with Gasteiger partial charge < -0.3 is 0 Å². The summed E-state index contributed by atoms with van der Waals surface area (Å²) in [5, 5.41) is 0. The van der Waals surface area contributed by atoms with Gasteiger partial charge in [-0.05, 0) is 28.8 Å². The molecule has 0 radical (unpaired) electrons. The highest BCUT2D eigenvalue weighted by molar-refractivity contribution is 5.64. The summed E-state index contributed by atoms with van der Waals surface area (Å²) in [6.45, 7) is 3.72. The summed E-state index contributed by atoms with van der Waals surface area (Å²) < 4.78 is 0. The molecule has 2 rings (SSSR count). The number of pyridine rings is 1. The van der Waals surface area contributed by atoms with Gasteiger partial charge in [-0.1, -0.05) is 36.9 Å². The van der Waals surface area contributed by atoms with Gasteiger partial charge in [0.25, 0.3) is 0 Å². The number of nitrogens with zero attached hydrogens (tertiary/aromatic N) is 1. The molecule has 1 nitrogen and oxygen atoms in total. The zero-order valence-corrected chi connectivity index (χ0v) is 7.85. The number of hydrogen-bond acceptors (Lipinski definition) is 1. The normalized spacial score (nSPS) is 9.71. The maximum absolute atomic E-state index is 3.99. The fourth-order valence-electron chi connectivity index (χ4n) is 1.36. The molecular formula is C13H11N. The quantitative estimate of drug-likeness (QED) is 0.692. The number of benzene rings is 1. The highest BCUT2D eigenvalue weighted by atomic mass is 14.6. The van der Waals surface area contributed by atoms with Crippen molar-refractivity contribution in [1.82, 2.24) is 4.98 Å². The van der Waals surface area contributed by atoms with Crippen molar-refractivity contribution in [2.75, 3.05) is 0 Å². The van der Waals surface area contributed by atoms with Crippen molar-refractivity contribution < 1.29 is 0 Å². The number of hydrogen-bond donors (Lipinski definition) is 0. The molecule has 0 spiro atoms. The second kappa shape index (κ2) is 3.88. The summed E-state index contributed by atoms with van der Waals surface area (Å²) in [5.41, 5.74) is 3.54. The minimum Gasteiger partial charge on any atom is -0.265 e. The molecule has 0 bridgehead atoms. The fraction of sp³-hybridized carbons (Fsp3) is 0. The third-order valence-corrected chi connectivity index (χ3v) is 2.16. The topological polar surface area (TPSA) is 12.9 Å². The van der Waals surface area contributed by atoms with Crippen LogP contribution in [-0.4, -0.2) is 4.98 Å². The molecule has 0 amide bonds. The van der Waals surface area contributed by atoms with Crippen LogP contribution in [0.4, 0.5) is 0 Å². The van der Waals surface area contributed by atoms with E-state index >= 15 is 0 Å². The summed E-state index contributed by atoms with van der Waals surface area (Å²) in [6.07, 6.45) is 5.45. The maximum atomic E-state index is 3.99. The second-order valence-electron chi connectivity index (χ2n) is 3.06. The lowest BCUT2D eigenvalue weighted by Gasteiger charge is -2.00. The van der Waals surface area contributed by atoms with E-state index < -0.39 is 0 Å². The van der Waals surface area contributed by atoms with Gasteiger partial charge in [0.2, 0.25) is 0 Å². The van der Waals surface area contributed by atoms with E-state index in [-0.39, 0.29) is 0 Å². The van der Waals surface area contributed by atoms with Gasteiger partial charge in [-0.2, -0.15) is 0 Å². The molecule has 0 aliphatic carbocycles. The summed E-state index contributed by atoms with van der Waals surface area (Å²) in [6, 6.07) is 12.3. The largest absolute Gasteiger partial charge is 0.265 e. The number of aromatic nitrogens is 1. The van der Waals surface area contributed by atoms with Crippen LogP contribution in [0.1, 0.15) is 5.56 Å². The standard InChI is InChI=1S/C13H11N/c1-2-11-3-5-12(6-4-11)13-7-9-14-10-8-13/h2-10H,1H2. The average molecular weight is 181 g/mol. The van der Waals surface area contributed by atoms with Crippen molar-refractivity contribution in [2.24, 2.45) is 0 Å². The van der Waals surface area contributed by atoms with Gasteiger partial charge in [0.05, 0.1) is 0 Å². The van der Waals surface area contributed by atoms with E-state index in [0.29, 0.717) is 0 Å². The van der Waals surface area contributed by atoms with Crippen LogP contribution in [0.25, 0.3) is 17.2 Å². The molecule has 2 aromatic rings. The van der Waals surface area contributed by atoms with Crippen LogP contribution in [0.15, 0.2) is 55.4 Å². The Bertz CT molecular complexity index is 415. The third kappa shape index (κ3) is 1.72.